The van der Waals surface area contributed by atoms with E-state index in [9.17, 15) is 13.2 Å². The Hall–Kier alpha value is -3.95. The van der Waals surface area contributed by atoms with Crippen LogP contribution in [0.2, 0.25) is 0 Å². The van der Waals surface area contributed by atoms with Crippen LogP contribution in [0.25, 0.3) is 17.0 Å². The number of H-pyrrole nitrogens is 1. The van der Waals surface area contributed by atoms with Gasteiger partial charge in [0.25, 0.3) is 5.82 Å². The highest BCUT2D eigenvalue weighted by Crippen LogP contribution is 2.49. The first-order valence-electron chi connectivity index (χ1n) is 11.5. The zero-order valence-corrected chi connectivity index (χ0v) is 21.3. The molecule has 2 aromatic heterocycles. The molecule has 0 fully saturated rings. The summed E-state index contributed by atoms with van der Waals surface area (Å²) in [5, 5.41) is 3.37. The lowest BCUT2D eigenvalue weighted by molar-refractivity contribution is 0.0636. The second-order valence-electron chi connectivity index (χ2n) is 9.74. The Labute approximate surface area is 209 Å². The summed E-state index contributed by atoms with van der Waals surface area (Å²) in [6.07, 6.45) is 6.09. The van der Waals surface area contributed by atoms with Crippen LogP contribution >= 0.6 is 0 Å². The van der Waals surface area contributed by atoms with Crippen LogP contribution in [0.3, 0.4) is 0 Å². The molecule has 184 valence electrons. The highest BCUT2D eigenvalue weighted by molar-refractivity contribution is 7.91. The highest BCUT2D eigenvalue weighted by Gasteiger charge is 2.52. The molecular formula is C27H27N4O4S+. The van der Waals surface area contributed by atoms with Crippen LogP contribution in [0.1, 0.15) is 31.9 Å². The molecule has 36 heavy (non-hydrogen) atoms. The fourth-order valence-electron chi connectivity index (χ4n) is 4.35. The Morgan fingerprint density at radius 3 is 2.56 bits per heavy atom. The van der Waals surface area contributed by atoms with Crippen molar-refractivity contribution >= 4 is 50.3 Å². The zero-order chi connectivity index (χ0) is 25.7. The van der Waals surface area contributed by atoms with E-state index in [2.05, 4.69) is 15.3 Å². The average Bonchev–Trinajstić information content (AvgIpc) is 3.40. The Bertz CT molecular complexity index is 1620. The van der Waals surface area contributed by atoms with Gasteiger partial charge in [-0.25, -0.2) is 9.78 Å². The van der Waals surface area contributed by atoms with Gasteiger partial charge < -0.3 is 9.72 Å². The molecule has 0 radical (unpaired) electrons. The highest BCUT2D eigenvalue weighted by atomic mass is 32.2. The van der Waals surface area contributed by atoms with E-state index < -0.39 is 25.6 Å². The van der Waals surface area contributed by atoms with Gasteiger partial charge in [0.05, 0.1) is 22.7 Å². The van der Waals surface area contributed by atoms with Crippen LogP contribution in [-0.4, -0.2) is 30.1 Å². The maximum Gasteiger partial charge on any atom is 0.412 e. The van der Waals surface area contributed by atoms with Crippen molar-refractivity contribution in [3.63, 3.8) is 0 Å². The summed E-state index contributed by atoms with van der Waals surface area (Å²) in [4.78, 5) is 20.3. The quantitative estimate of drug-likeness (QED) is 0.322. The number of amides is 1. The molecule has 0 saturated carbocycles. The number of aromatic nitrogens is 2. The van der Waals surface area contributed by atoms with Gasteiger partial charge in [0.2, 0.25) is 0 Å². The number of hydrogen-bond donors (Lipinski definition) is 2. The number of fused-ring (bicyclic) bond motifs is 2. The molecule has 1 atom stereocenters. The maximum absolute atomic E-state index is 14.4. The van der Waals surface area contributed by atoms with Gasteiger partial charge >= 0.3 is 16.1 Å². The fraction of sp³-hybridized carbons (Fsp3) is 0.185. The smallest absolute Gasteiger partial charge is 0.412 e. The molecule has 0 bridgehead atoms. The van der Waals surface area contributed by atoms with E-state index in [1.165, 1.54) is 0 Å². The number of anilines is 1. The second kappa shape index (κ2) is 8.32. The van der Waals surface area contributed by atoms with Crippen LogP contribution in [-0.2, 0) is 14.8 Å². The van der Waals surface area contributed by atoms with E-state index in [1.807, 2.05) is 13.0 Å². The van der Waals surface area contributed by atoms with Gasteiger partial charge in [0.1, 0.15) is 16.7 Å². The summed E-state index contributed by atoms with van der Waals surface area (Å²) in [6, 6.07) is 15.7. The van der Waals surface area contributed by atoms with Gasteiger partial charge in [-0.1, -0.05) is 17.7 Å². The molecule has 9 heteroatoms. The average molecular weight is 504 g/mol. The molecular weight excluding hydrogens is 476 g/mol. The zero-order valence-electron chi connectivity index (χ0n) is 20.4. The summed E-state index contributed by atoms with van der Waals surface area (Å²) in [7, 11) is -4.05. The van der Waals surface area contributed by atoms with Crippen LogP contribution in [0, 0.1) is 6.92 Å². The molecule has 3 heterocycles. The van der Waals surface area contributed by atoms with Crippen molar-refractivity contribution in [3.05, 3.63) is 84.3 Å². The van der Waals surface area contributed by atoms with E-state index >= 15 is 0 Å². The summed E-state index contributed by atoms with van der Waals surface area (Å²) in [6.45, 7) is 7.27. The molecule has 0 saturated heterocycles. The number of rotatable bonds is 4. The monoisotopic (exact) mass is 503 g/mol. The lowest BCUT2D eigenvalue weighted by Gasteiger charge is -2.28. The lowest BCUT2D eigenvalue weighted by atomic mass is 10.2. The van der Waals surface area contributed by atoms with E-state index in [0.29, 0.717) is 33.7 Å². The van der Waals surface area contributed by atoms with Gasteiger partial charge in [-0.15, -0.1) is 3.89 Å². The van der Waals surface area contributed by atoms with Crippen molar-refractivity contribution < 1.29 is 17.9 Å². The Morgan fingerprint density at radius 1 is 1.08 bits per heavy atom. The summed E-state index contributed by atoms with van der Waals surface area (Å²) in [5.41, 5.74) is 2.68. The number of carbonyl (C=O) groups is 1. The number of carbonyl (C=O) groups excluding carboxylic acids is 1. The third-order valence-electron chi connectivity index (χ3n) is 5.96. The number of ether oxygens (including phenoxy) is 1. The molecule has 1 aliphatic heterocycles. The van der Waals surface area contributed by atoms with Crippen molar-refractivity contribution in [3.8, 4) is 0 Å². The number of aryl methyl sites for hydroxylation is 1. The van der Waals surface area contributed by atoms with E-state index in [4.69, 9.17) is 4.74 Å². The first-order valence-corrected chi connectivity index (χ1v) is 12.9. The Balaban J connectivity index is 1.70. The van der Waals surface area contributed by atoms with Gasteiger partial charge in [-0.2, -0.15) is 8.42 Å². The summed E-state index contributed by atoms with van der Waals surface area (Å²) in [5.74, 6) is 0.379. The topological polar surface area (TPSA) is 101 Å². The van der Waals surface area contributed by atoms with Crippen LogP contribution in [0.15, 0.2) is 78.1 Å². The first-order chi connectivity index (χ1) is 17.0. The number of nitrogens with zero attached hydrogens (tertiary/aromatic N) is 2. The van der Waals surface area contributed by atoms with E-state index in [1.54, 1.807) is 94.0 Å². The number of sulfonamides is 1. The van der Waals surface area contributed by atoms with Gasteiger partial charge in [-0.05, 0) is 70.2 Å². The molecule has 2 aromatic carbocycles. The summed E-state index contributed by atoms with van der Waals surface area (Å²) >= 11 is 0. The molecule has 1 aliphatic rings. The first kappa shape index (κ1) is 23.8. The number of benzene rings is 2. The SMILES string of the molecule is Cc1ccc(S(=O)(=O)[N+]2(c3c[nH]c4ccc(NC(=O)OC(C)(C)C)cc34)C=Cc3cccnc32)cc1. The minimum absolute atomic E-state index is 0.175. The van der Waals surface area contributed by atoms with Crippen LogP contribution in [0.5, 0.6) is 0 Å². The van der Waals surface area contributed by atoms with Crippen LogP contribution < -0.4 is 9.21 Å². The molecule has 1 amide bonds. The number of quaternary nitrogens is 1. The molecule has 1 unspecified atom stereocenters. The predicted octanol–water partition coefficient (Wildman–Crippen LogP) is 6.23. The third kappa shape index (κ3) is 3.86. The number of nitrogens with one attached hydrogen (secondary N) is 2. The van der Waals surface area contributed by atoms with E-state index in [0.717, 1.165) is 5.56 Å². The van der Waals surface area contributed by atoms with Crippen molar-refractivity contribution in [1.29, 1.82) is 0 Å². The van der Waals surface area contributed by atoms with Crippen molar-refractivity contribution in [2.24, 2.45) is 0 Å². The van der Waals surface area contributed by atoms with Gasteiger partial charge in [0, 0.05) is 18.0 Å². The Morgan fingerprint density at radius 2 is 1.83 bits per heavy atom. The minimum Gasteiger partial charge on any atom is -0.444 e. The third-order valence-corrected chi connectivity index (χ3v) is 8.07. The van der Waals surface area contributed by atoms with Gasteiger partial charge in [0.15, 0.2) is 5.69 Å². The standard InChI is InChI=1S/C27H26N4O4S/c1-18-7-10-21(11-8-18)36(33,34)31(15-13-19-6-5-14-28-25(19)31)24-17-29-23-12-9-20(16-22(23)24)30-26(32)35-27(2,3)4/h5-17,29H,1-4H3/p+1. The minimum atomic E-state index is -4.05. The molecule has 0 aliphatic carbocycles. The normalized spacial score (nSPS) is 17.2. The van der Waals surface area contributed by atoms with Crippen molar-refractivity contribution in [2.75, 3.05) is 5.32 Å². The van der Waals surface area contributed by atoms with Crippen molar-refractivity contribution in [2.45, 2.75) is 38.2 Å². The lowest BCUT2D eigenvalue weighted by Crippen LogP contribution is -2.43. The van der Waals surface area contributed by atoms with Crippen molar-refractivity contribution in [1.82, 2.24) is 13.9 Å². The molecule has 8 nitrogen and oxygen atoms in total. The van der Waals surface area contributed by atoms with Gasteiger partial charge in [-0.3, -0.25) is 5.32 Å². The largest absolute Gasteiger partial charge is 0.444 e. The number of hydrogen-bond acceptors (Lipinski definition) is 5. The molecule has 5 rings (SSSR count). The number of aromatic amines is 1. The maximum atomic E-state index is 14.4. The van der Waals surface area contributed by atoms with Crippen LogP contribution in [0.4, 0.5) is 22.0 Å². The Kier molecular flexibility index (Phi) is 5.50. The predicted molar refractivity (Wildman–Crippen MR) is 141 cm³/mol. The summed E-state index contributed by atoms with van der Waals surface area (Å²) < 4.78 is 33.5. The molecule has 0 spiro atoms. The fourth-order valence-corrected chi connectivity index (χ4v) is 6.17. The van der Waals surface area contributed by atoms with E-state index in [-0.39, 0.29) is 4.90 Å². The second-order valence-corrected chi connectivity index (χ2v) is 11.7. The number of pyridine rings is 1. The molecule has 4 aromatic rings. The molecule has 2 N–H and O–H groups in total.